The van der Waals surface area contributed by atoms with Crippen LogP contribution in [-0.4, -0.2) is 27.8 Å². The quantitative estimate of drug-likeness (QED) is 0.375. The number of Topliss-reactive ketones (excluding diaryl/α,β-unsaturated/α-hetero) is 1. The fourth-order valence-electron chi connectivity index (χ4n) is 2.40. The lowest BCUT2D eigenvalue weighted by atomic mass is 10.1. The van der Waals surface area contributed by atoms with Crippen molar-refractivity contribution in [3.8, 4) is 0 Å². The van der Waals surface area contributed by atoms with Crippen molar-refractivity contribution in [1.29, 1.82) is 0 Å². The highest BCUT2D eigenvalue weighted by molar-refractivity contribution is 7.98. The van der Waals surface area contributed by atoms with Gasteiger partial charge < -0.3 is 0 Å². The van der Waals surface area contributed by atoms with E-state index in [1.54, 1.807) is 6.08 Å². The molecule has 0 unspecified atom stereocenters. The van der Waals surface area contributed by atoms with Gasteiger partial charge in [-0.1, -0.05) is 36.0 Å². The van der Waals surface area contributed by atoms with Gasteiger partial charge in [-0.15, -0.1) is 0 Å². The minimum atomic E-state index is -0.135. The van der Waals surface area contributed by atoms with Crippen LogP contribution in [0.4, 0.5) is 0 Å². The zero-order valence-corrected chi connectivity index (χ0v) is 12.9. The Morgan fingerprint density at radius 2 is 2.00 bits per heavy atom. The molecule has 2 aromatic rings. The number of aromatic nitrogens is 2. The van der Waals surface area contributed by atoms with Crippen molar-refractivity contribution < 1.29 is 9.59 Å². The molecule has 0 radical (unpaired) electrons. The van der Waals surface area contributed by atoms with Crippen molar-refractivity contribution in [2.24, 2.45) is 0 Å². The highest BCUT2D eigenvalue weighted by Crippen LogP contribution is 2.23. The highest BCUT2D eigenvalue weighted by Gasteiger charge is 2.18. The summed E-state index contributed by atoms with van der Waals surface area (Å²) in [6.45, 7) is 0. The van der Waals surface area contributed by atoms with Gasteiger partial charge in [-0.05, 0) is 29.9 Å². The van der Waals surface area contributed by atoms with Crippen molar-refractivity contribution in [3.63, 3.8) is 0 Å². The second-order valence-electron chi connectivity index (χ2n) is 5.00. The third kappa shape index (κ3) is 2.99. The Balaban J connectivity index is 1.76. The third-order valence-electron chi connectivity index (χ3n) is 3.57. The van der Waals surface area contributed by atoms with E-state index < -0.39 is 0 Å². The smallest absolute Gasteiger partial charge is 0.188 e. The summed E-state index contributed by atoms with van der Waals surface area (Å²) in [6, 6.07) is 5.67. The van der Waals surface area contributed by atoms with Gasteiger partial charge in [-0.25, -0.2) is 9.97 Å². The fraction of sp³-hybridized carbons (Fsp3) is 0.176. The minimum Gasteiger partial charge on any atom is -0.294 e. The zero-order valence-electron chi connectivity index (χ0n) is 12.1. The van der Waals surface area contributed by atoms with E-state index in [0.717, 1.165) is 23.1 Å². The van der Waals surface area contributed by atoms with Crippen molar-refractivity contribution in [1.82, 2.24) is 9.97 Å². The van der Waals surface area contributed by atoms with Gasteiger partial charge in [0.2, 0.25) is 0 Å². The van der Waals surface area contributed by atoms with Crippen LogP contribution in [0.5, 0.6) is 0 Å². The number of thioether (sulfide) groups is 1. The zero-order chi connectivity index (χ0) is 15.5. The van der Waals surface area contributed by atoms with Gasteiger partial charge in [0, 0.05) is 24.4 Å². The number of fused-ring (bicyclic) bond motifs is 1. The van der Waals surface area contributed by atoms with Gasteiger partial charge >= 0.3 is 0 Å². The second kappa shape index (κ2) is 6.23. The molecular formula is C17H14N2O2S. The van der Waals surface area contributed by atoms with Gasteiger partial charge in [0.25, 0.3) is 0 Å². The van der Waals surface area contributed by atoms with E-state index in [0.29, 0.717) is 17.1 Å². The monoisotopic (exact) mass is 310 g/mol. The van der Waals surface area contributed by atoms with Gasteiger partial charge in [0.15, 0.2) is 16.7 Å². The Hall–Kier alpha value is -2.27. The molecule has 1 aliphatic rings. The number of aryl methyl sites for hydroxylation is 1. The Morgan fingerprint density at radius 3 is 2.73 bits per heavy atom. The summed E-state index contributed by atoms with van der Waals surface area (Å²) in [4.78, 5) is 31.8. The van der Waals surface area contributed by atoms with E-state index in [2.05, 4.69) is 9.97 Å². The molecule has 0 fully saturated rings. The Bertz CT molecular complexity index is 767. The molecule has 0 spiro atoms. The van der Waals surface area contributed by atoms with E-state index in [9.17, 15) is 9.59 Å². The van der Waals surface area contributed by atoms with E-state index >= 15 is 0 Å². The number of carbonyl (C=O) groups excluding carboxylic acids is 2. The molecule has 1 aliphatic carbocycles. The van der Waals surface area contributed by atoms with Crippen LogP contribution in [0.3, 0.4) is 0 Å². The van der Waals surface area contributed by atoms with Crippen LogP contribution in [0.2, 0.25) is 0 Å². The molecule has 0 bridgehead atoms. The molecule has 0 aliphatic heterocycles. The number of benzene rings is 1. The first-order chi connectivity index (χ1) is 10.7. The fourth-order valence-corrected chi connectivity index (χ4v) is 2.71. The summed E-state index contributed by atoms with van der Waals surface area (Å²) >= 11 is 1.43. The summed E-state index contributed by atoms with van der Waals surface area (Å²) in [7, 11) is 0. The molecular weight excluding hydrogens is 296 g/mol. The second-order valence-corrected chi connectivity index (χ2v) is 5.77. The van der Waals surface area contributed by atoms with Crippen LogP contribution in [0.25, 0.3) is 6.08 Å². The standard InChI is InChI=1S/C17H14N2O2S/c1-22-17-18-9-13(10-19-17)15(20)6-3-11-2-5-14-12(8-11)4-7-16(14)21/h2-3,5-6,8-10H,4,7H2,1H3. The van der Waals surface area contributed by atoms with Crippen LogP contribution in [0, 0.1) is 0 Å². The van der Waals surface area contributed by atoms with Crippen LogP contribution in [0.15, 0.2) is 41.8 Å². The maximum atomic E-state index is 12.1. The van der Waals surface area contributed by atoms with Gasteiger partial charge in [0.1, 0.15) is 0 Å². The number of ketones is 2. The summed E-state index contributed by atoms with van der Waals surface area (Å²) in [5, 5.41) is 0.642. The number of carbonyl (C=O) groups is 2. The van der Waals surface area contributed by atoms with E-state index in [1.807, 2.05) is 24.5 Å². The first kappa shape index (κ1) is 14.7. The maximum Gasteiger partial charge on any atom is 0.188 e. The minimum absolute atomic E-state index is 0.135. The summed E-state index contributed by atoms with van der Waals surface area (Å²) < 4.78 is 0. The van der Waals surface area contributed by atoms with E-state index in [4.69, 9.17) is 0 Å². The maximum absolute atomic E-state index is 12.1. The van der Waals surface area contributed by atoms with E-state index in [1.165, 1.54) is 30.2 Å². The predicted octanol–water partition coefficient (Wildman–Crippen LogP) is 3.22. The molecule has 110 valence electrons. The Labute approximate surface area is 132 Å². The molecule has 1 heterocycles. The molecule has 22 heavy (non-hydrogen) atoms. The Morgan fingerprint density at radius 1 is 1.23 bits per heavy atom. The summed E-state index contributed by atoms with van der Waals surface area (Å²) in [6.07, 6.45) is 9.59. The largest absolute Gasteiger partial charge is 0.294 e. The van der Waals surface area contributed by atoms with Gasteiger partial charge in [-0.2, -0.15) is 0 Å². The predicted molar refractivity (Wildman–Crippen MR) is 86.3 cm³/mol. The van der Waals surface area contributed by atoms with Gasteiger partial charge in [-0.3, -0.25) is 9.59 Å². The molecule has 0 saturated carbocycles. The lowest BCUT2D eigenvalue weighted by molar-refractivity contribution is 0.0993. The summed E-state index contributed by atoms with van der Waals surface area (Å²) in [5.41, 5.74) is 3.26. The number of allylic oxidation sites excluding steroid dienone is 1. The number of rotatable bonds is 4. The summed E-state index contributed by atoms with van der Waals surface area (Å²) in [5.74, 6) is 0.0665. The topological polar surface area (TPSA) is 59.9 Å². The average molecular weight is 310 g/mol. The highest BCUT2D eigenvalue weighted by atomic mass is 32.2. The first-order valence-corrected chi connectivity index (χ1v) is 8.14. The van der Waals surface area contributed by atoms with Crippen LogP contribution in [0.1, 0.15) is 38.3 Å². The molecule has 1 aromatic heterocycles. The van der Waals surface area contributed by atoms with Crippen molar-refractivity contribution in [2.75, 3.05) is 6.26 Å². The number of hydrogen-bond donors (Lipinski definition) is 0. The number of hydrogen-bond acceptors (Lipinski definition) is 5. The molecule has 4 nitrogen and oxygen atoms in total. The van der Waals surface area contributed by atoms with Crippen LogP contribution < -0.4 is 0 Å². The van der Waals surface area contributed by atoms with Crippen LogP contribution in [-0.2, 0) is 6.42 Å². The Kier molecular flexibility index (Phi) is 4.15. The third-order valence-corrected chi connectivity index (χ3v) is 4.15. The molecule has 0 saturated heterocycles. The molecule has 1 aromatic carbocycles. The normalized spacial score (nSPS) is 13.6. The first-order valence-electron chi connectivity index (χ1n) is 6.92. The number of nitrogens with zero attached hydrogens (tertiary/aromatic N) is 2. The van der Waals surface area contributed by atoms with E-state index in [-0.39, 0.29) is 11.6 Å². The molecule has 0 amide bonds. The average Bonchev–Trinajstić information content (AvgIpc) is 2.93. The molecule has 3 rings (SSSR count). The molecule has 5 heteroatoms. The van der Waals surface area contributed by atoms with Crippen LogP contribution >= 0.6 is 11.8 Å². The molecule has 0 N–H and O–H groups in total. The molecule has 0 atom stereocenters. The van der Waals surface area contributed by atoms with Crippen molar-refractivity contribution in [3.05, 3.63) is 58.9 Å². The van der Waals surface area contributed by atoms with Crippen molar-refractivity contribution >= 4 is 29.4 Å². The van der Waals surface area contributed by atoms with Gasteiger partial charge in [0.05, 0.1) is 5.56 Å². The van der Waals surface area contributed by atoms with Crippen molar-refractivity contribution in [2.45, 2.75) is 18.0 Å². The lowest BCUT2D eigenvalue weighted by Crippen LogP contribution is -1.97. The SMILES string of the molecule is CSc1ncc(C(=O)C=Cc2ccc3c(c2)CCC3=O)cn1. The lowest BCUT2D eigenvalue weighted by Gasteiger charge is -2.00.